The fourth-order valence-corrected chi connectivity index (χ4v) is 5.93. The third-order valence-electron chi connectivity index (χ3n) is 8.98. The second kappa shape index (κ2) is 35.7. The van der Waals surface area contributed by atoms with Crippen molar-refractivity contribution < 1.29 is 20.1 Å². The van der Waals surface area contributed by atoms with Gasteiger partial charge >= 0.3 is 0 Å². The molecule has 0 heterocycles. The number of hydrogen-bond acceptors (Lipinski definition) is 4. The molecule has 5 heteroatoms. The Balaban J connectivity index is 3.71. The van der Waals surface area contributed by atoms with Gasteiger partial charge in [0.1, 0.15) is 0 Å². The van der Waals surface area contributed by atoms with E-state index in [-0.39, 0.29) is 18.9 Å². The molecule has 3 atom stereocenters. The second-order valence-electron chi connectivity index (χ2n) is 13.5. The van der Waals surface area contributed by atoms with Crippen molar-refractivity contribution in [1.82, 2.24) is 5.32 Å². The summed E-state index contributed by atoms with van der Waals surface area (Å²) in [6.07, 6.45) is 41.7. The molecule has 45 heavy (non-hydrogen) atoms. The first-order valence-electron chi connectivity index (χ1n) is 19.6. The molecule has 5 nitrogen and oxygen atoms in total. The highest BCUT2D eigenvalue weighted by atomic mass is 16.3. The lowest BCUT2D eigenvalue weighted by atomic mass is 10.0. The lowest BCUT2D eigenvalue weighted by Crippen LogP contribution is -2.45. The number of nitrogens with one attached hydrogen (secondary N) is 1. The monoisotopic (exact) mass is 636 g/mol. The van der Waals surface area contributed by atoms with Gasteiger partial charge in [-0.15, -0.1) is 0 Å². The molecule has 0 bridgehead atoms. The quantitative estimate of drug-likeness (QED) is 0.0412. The van der Waals surface area contributed by atoms with Crippen LogP contribution in [0.5, 0.6) is 0 Å². The van der Waals surface area contributed by atoms with Crippen LogP contribution < -0.4 is 5.32 Å². The van der Waals surface area contributed by atoms with E-state index in [1.807, 2.05) is 6.08 Å². The zero-order chi connectivity index (χ0) is 33.1. The van der Waals surface area contributed by atoms with Gasteiger partial charge in [0, 0.05) is 0 Å². The van der Waals surface area contributed by atoms with Gasteiger partial charge in [-0.1, -0.05) is 173 Å². The third kappa shape index (κ3) is 32.6. The van der Waals surface area contributed by atoms with Gasteiger partial charge in [0.2, 0.25) is 5.91 Å². The van der Waals surface area contributed by atoms with Crippen LogP contribution in [0.3, 0.4) is 0 Å². The Kier molecular flexibility index (Phi) is 34.8. The van der Waals surface area contributed by atoms with Crippen molar-refractivity contribution in [3.8, 4) is 0 Å². The Labute approximate surface area is 280 Å². The highest BCUT2D eigenvalue weighted by Gasteiger charge is 2.20. The summed E-state index contributed by atoms with van der Waals surface area (Å²) in [4.78, 5) is 12.3. The van der Waals surface area contributed by atoms with E-state index in [0.717, 1.165) is 32.1 Å². The normalized spacial score (nSPS) is 14.0. The van der Waals surface area contributed by atoms with Crippen molar-refractivity contribution in [2.45, 2.75) is 218 Å². The van der Waals surface area contributed by atoms with Crippen LogP contribution in [0.4, 0.5) is 0 Å². The summed E-state index contributed by atoms with van der Waals surface area (Å²) in [5.74, 6) is -0.333. The van der Waals surface area contributed by atoms with Crippen LogP contribution in [0.15, 0.2) is 24.3 Å². The molecule has 1 amide bonds. The van der Waals surface area contributed by atoms with Crippen molar-refractivity contribution >= 4 is 5.91 Å². The van der Waals surface area contributed by atoms with Crippen LogP contribution in [0.1, 0.15) is 200 Å². The van der Waals surface area contributed by atoms with E-state index >= 15 is 0 Å². The number of allylic oxidation sites excluding steroid dienone is 3. The molecule has 0 saturated heterocycles. The summed E-state index contributed by atoms with van der Waals surface area (Å²) in [5.41, 5.74) is 0. The molecule has 0 fully saturated rings. The van der Waals surface area contributed by atoms with Crippen LogP contribution in [0.2, 0.25) is 0 Å². The molecule has 0 spiro atoms. The average molecular weight is 636 g/mol. The van der Waals surface area contributed by atoms with E-state index < -0.39 is 18.2 Å². The summed E-state index contributed by atoms with van der Waals surface area (Å²) >= 11 is 0. The van der Waals surface area contributed by atoms with Gasteiger partial charge < -0.3 is 20.6 Å². The fourth-order valence-electron chi connectivity index (χ4n) is 5.93. The highest BCUT2D eigenvalue weighted by molar-refractivity contribution is 5.76. The first-order chi connectivity index (χ1) is 22.0. The highest BCUT2D eigenvalue weighted by Crippen LogP contribution is 2.15. The molecule has 0 aromatic rings. The number of unbranched alkanes of at least 4 members (excludes halogenated alkanes) is 24. The van der Waals surface area contributed by atoms with Gasteiger partial charge in [-0.25, -0.2) is 0 Å². The van der Waals surface area contributed by atoms with E-state index in [2.05, 4.69) is 31.3 Å². The van der Waals surface area contributed by atoms with E-state index in [9.17, 15) is 20.1 Å². The number of carbonyl (C=O) groups excluding carboxylic acids is 1. The molecule has 0 aliphatic rings. The standard InChI is InChI=1S/C40H77NO4/c1-3-5-7-9-11-13-15-16-17-18-19-20-21-22-24-26-28-30-32-34-39(44)38(36-42)41-40(45)35-37(43)33-31-29-27-25-23-14-12-10-8-6-4-2/h25,27,32,34,37-39,42-44H,3-24,26,28-31,33,35-36H2,1-2H3,(H,41,45)/b27-25-,34-32+. The van der Waals surface area contributed by atoms with Crippen molar-refractivity contribution in [3.05, 3.63) is 24.3 Å². The van der Waals surface area contributed by atoms with Crippen molar-refractivity contribution in [3.63, 3.8) is 0 Å². The summed E-state index contributed by atoms with van der Waals surface area (Å²) < 4.78 is 0. The lowest BCUT2D eigenvalue weighted by Gasteiger charge is -2.20. The van der Waals surface area contributed by atoms with Crippen LogP contribution in [-0.2, 0) is 4.79 Å². The summed E-state index contributed by atoms with van der Waals surface area (Å²) in [6.45, 7) is 4.18. The summed E-state index contributed by atoms with van der Waals surface area (Å²) in [5, 5.41) is 33.0. The topological polar surface area (TPSA) is 89.8 Å². The summed E-state index contributed by atoms with van der Waals surface area (Å²) in [6, 6.07) is -0.749. The number of rotatable bonds is 35. The predicted octanol–water partition coefficient (Wildman–Crippen LogP) is 10.7. The van der Waals surface area contributed by atoms with Crippen molar-refractivity contribution in [2.75, 3.05) is 6.61 Å². The molecular weight excluding hydrogens is 558 g/mol. The van der Waals surface area contributed by atoms with Gasteiger partial charge in [-0.2, -0.15) is 0 Å². The van der Waals surface area contributed by atoms with Gasteiger partial charge in [0.25, 0.3) is 0 Å². The van der Waals surface area contributed by atoms with Crippen molar-refractivity contribution in [1.29, 1.82) is 0 Å². The SMILES string of the molecule is CCCCCCCC/C=C\CCCC(O)CC(=O)NC(CO)C(O)/C=C/CCCCCCCCCCCCCCCCCCC. The first kappa shape index (κ1) is 43.8. The minimum Gasteiger partial charge on any atom is -0.394 e. The first-order valence-corrected chi connectivity index (χ1v) is 19.6. The van der Waals surface area contributed by atoms with E-state index in [1.165, 1.54) is 141 Å². The zero-order valence-electron chi connectivity index (χ0n) is 30.0. The Morgan fingerprint density at radius 3 is 1.36 bits per heavy atom. The zero-order valence-corrected chi connectivity index (χ0v) is 30.0. The number of aliphatic hydroxyl groups excluding tert-OH is 3. The molecular formula is C40H77NO4. The van der Waals surface area contributed by atoms with Gasteiger partial charge in [-0.05, 0) is 44.9 Å². The van der Waals surface area contributed by atoms with Crippen LogP contribution in [-0.4, -0.2) is 46.1 Å². The van der Waals surface area contributed by atoms with E-state index in [1.54, 1.807) is 6.08 Å². The van der Waals surface area contributed by atoms with Crippen LogP contribution >= 0.6 is 0 Å². The second-order valence-corrected chi connectivity index (χ2v) is 13.5. The van der Waals surface area contributed by atoms with Gasteiger partial charge in [0.15, 0.2) is 0 Å². The molecule has 3 unspecified atom stereocenters. The summed E-state index contributed by atoms with van der Waals surface area (Å²) in [7, 11) is 0. The third-order valence-corrected chi connectivity index (χ3v) is 8.98. The Hall–Kier alpha value is -1.17. The smallest absolute Gasteiger partial charge is 0.222 e. The molecule has 4 N–H and O–H groups in total. The average Bonchev–Trinajstić information content (AvgIpc) is 3.03. The maximum absolute atomic E-state index is 12.3. The minimum absolute atomic E-state index is 0.00629. The minimum atomic E-state index is -0.932. The predicted molar refractivity (Wildman–Crippen MR) is 195 cm³/mol. The number of aliphatic hydroxyl groups is 3. The molecule has 0 radical (unpaired) electrons. The van der Waals surface area contributed by atoms with Crippen LogP contribution in [0.25, 0.3) is 0 Å². The maximum atomic E-state index is 12.3. The number of carbonyl (C=O) groups is 1. The molecule has 266 valence electrons. The molecule has 0 aliphatic heterocycles. The van der Waals surface area contributed by atoms with Gasteiger partial charge in [-0.3, -0.25) is 4.79 Å². The van der Waals surface area contributed by atoms with Crippen molar-refractivity contribution in [2.24, 2.45) is 0 Å². The molecule has 0 aromatic heterocycles. The Bertz CT molecular complexity index is 665. The van der Waals surface area contributed by atoms with E-state index in [0.29, 0.717) is 6.42 Å². The lowest BCUT2D eigenvalue weighted by molar-refractivity contribution is -0.124. The number of hydrogen-bond donors (Lipinski definition) is 4. The largest absolute Gasteiger partial charge is 0.394 e. The fraction of sp³-hybridized carbons (Fsp3) is 0.875. The van der Waals surface area contributed by atoms with E-state index in [4.69, 9.17) is 0 Å². The maximum Gasteiger partial charge on any atom is 0.222 e. The molecule has 0 aromatic carbocycles. The molecule has 0 saturated carbocycles. The van der Waals surface area contributed by atoms with Crippen LogP contribution in [0, 0.1) is 0 Å². The Morgan fingerprint density at radius 1 is 0.556 bits per heavy atom. The number of amides is 1. The Morgan fingerprint density at radius 2 is 0.933 bits per heavy atom. The molecule has 0 aliphatic carbocycles. The molecule has 0 rings (SSSR count). The van der Waals surface area contributed by atoms with Gasteiger partial charge in [0.05, 0.1) is 31.3 Å².